The van der Waals surface area contributed by atoms with Crippen molar-refractivity contribution in [3.63, 3.8) is 0 Å². The molecule has 0 N–H and O–H groups in total. The molecule has 2 nitrogen and oxygen atoms in total. The highest BCUT2D eigenvalue weighted by Gasteiger charge is 2.51. The number of para-hydroxylation sites is 2. The summed E-state index contributed by atoms with van der Waals surface area (Å²) in [5, 5.41) is 0. The summed E-state index contributed by atoms with van der Waals surface area (Å²) in [6, 6.07) is 95.8. The van der Waals surface area contributed by atoms with Crippen LogP contribution in [0.2, 0.25) is 0 Å². The Labute approximate surface area is 421 Å². The van der Waals surface area contributed by atoms with E-state index in [4.69, 9.17) is 0 Å². The first-order chi connectivity index (χ1) is 35.5. The van der Waals surface area contributed by atoms with Gasteiger partial charge in [-0.3, -0.25) is 0 Å². The van der Waals surface area contributed by atoms with Crippen molar-refractivity contribution >= 4 is 34.1 Å². The van der Waals surface area contributed by atoms with E-state index in [1.807, 2.05) is 0 Å². The van der Waals surface area contributed by atoms with Crippen molar-refractivity contribution in [2.45, 2.75) is 24.7 Å². The Morgan fingerprint density at radius 3 is 1.38 bits per heavy atom. The van der Waals surface area contributed by atoms with Crippen LogP contribution >= 0.6 is 0 Å². The Morgan fingerprint density at radius 2 is 0.722 bits per heavy atom. The highest BCUT2D eigenvalue weighted by Crippen LogP contribution is 2.64. The summed E-state index contributed by atoms with van der Waals surface area (Å²) < 4.78 is 0. The molecule has 72 heavy (non-hydrogen) atoms. The van der Waals surface area contributed by atoms with Crippen molar-refractivity contribution in [2.24, 2.45) is 0 Å². The largest absolute Gasteiger partial charge is 0.310 e. The minimum absolute atomic E-state index is 0.194. The van der Waals surface area contributed by atoms with E-state index in [1.54, 1.807) is 0 Å². The molecule has 11 aromatic rings. The van der Waals surface area contributed by atoms with Gasteiger partial charge in [0, 0.05) is 39.2 Å². The fourth-order valence-corrected chi connectivity index (χ4v) is 13.4. The number of benzene rings is 11. The lowest BCUT2D eigenvalue weighted by molar-refractivity contribution is 0.660. The Bertz CT molecular complexity index is 3980. The topological polar surface area (TPSA) is 6.48 Å². The molecule has 1 aliphatic heterocycles. The van der Waals surface area contributed by atoms with E-state index in [0.717, 1.165) is 34.1 Å². The molecule has 0 saturated heterocycles. The SMILES string of the molecule is CC1(C)c2ccccc2-c2ccc(N(c3ccc4c(c3)-c3ccccc3-c3ccccc3N4c3ccccc3)c3cccc4c3-c3ccccc3C43c4ccccc4-c4ccccc4-c4ccccc43)cc21. The maximum absolute atomic E-state index is 2.57. The third-order valence-corrected chi connectivity index (χ3v) is 16.4. The third kappa shape index (κ3) is 5.49. The summed E-state index contributed by atoms with van der Waals surface area (Å²) in [5.41, 5.74) is 28.9. The van der Waals surface area contributed by atoms with Crippen LogP contribution in [0.25, 0.3) is 66.8 Å². The average Bonchev–Trinajstić information content (AvgIpc) is 3.77. The van der Waals surface area contributed by atoms with Gasteiger partial charge < -0.3 is 9.80 Å². The molecule has 4 aliphatic rings. The monoisotopic (exact) mass is 916 g/mol. The van der Waals surface area contributed by atoms with E-state index in [-0.39, 0.29) is 5.41 Å². The molecule has 1 heterocycles. The third-order valence-electron chi connectivity index (χ3n) is 16.4. The molecule has 0 amide bonds. The quantitative estimate of drug-likeness (QED) is 0.174. The van der Waals surface area contributed by atoms with Crippen molar-refractivity contribution < 1.29 is 0 Å². The van der Waals surface area contributed by atoms with Crippen LogP contribution < -0.4 is 9.80 Å². The molecule has 0 fully saturated rings. The molecule has 0 atom stereocenters. The average molecular weight is 917 g/mol. The van der Waals surface area contributed by atoms with Gasteiger partial charge in [-0.05, 0) is 138 Å². The van der Waals surface area contributed by atoms with Crippen molar-refractivity contribution in [2.75, 3.05) is 9.80 Å². The fourth-order valence-electron chi connectivity index (χ4n) is 13.4. The summed E-state index contributed by atoms with van der Waals surface area (Å²) in [6.07, 6.45) is 0. The van der Waals surface area contributed by atoms with Crippen molar-refractivity contribution in [3.05, 3.63) is 288 Å². The maximum atomic E-state index is 2.57. The van der Waals surface area contributed by atoms with Crippen LogP contribution in [0.1, 0.15) is 47.2 Å². The van der Waals surface area contributed by atoms with Gasteiger partial charge in [0.15, 0.2) is 0 Å². The van der Waals surface area contributed by atoms with Gasteiger partial charge in [-0.25, -0.2) is 0 Å². The van der Waals surface area contributed by atoms with E-state index >= 15 is 0 Å². The van der Waals surface area contributed by atoms with E-state index in [2.05, 4.69) is 278 Å². The number of hydrogen-bond acceptors (Lipinski definition) is 2. The van der Waals surface area contributed by atoms with Gasteiger partial charge >= 0.3 is 0 Å². The summed E-state index contributed by atoms with van der Waals surface area (Å²) in [5.74, 6) is 0. The van der Waals surface area contributed by atoms with Crippen molar-refractivity contribution in [1.82, 2.24) is 0 Å². The molecule has 15 rings (SSSR count). The number of hydrogen-bond donors (Lipinski definition) is 0. The zero-order chi connectivity index (χ0) is 47.7. The second-order valence-electron chi connectivity index (χ2n) is 20.3. The van der Waals surface area contributed by atoms with Gasteiger partial charge in [0.05, 0.1) is 22.5 Å². The Kier molecular flexibility index (Phi) is 8.66. The zero-order valence-electron chi connectivity index (χ0n) is 40.1. The summed E-state index contributed by atoms with van der Waals surface area (Å²) in [6.45, 7) is 4.78. The number of fused-ring (bicyclic) bond motifs is 20. The first kappa shape index (κ1) is 40.9. The molecular formula is C70H48N2. The fraction of sp³-hybridized carbons (Fsp3) is 0.0571. The minimum Gasteiger partial charge on any atom is -0.310 e. The molecule has 3 aliphatic carbocycles. The van der Waals surface area contributed by atoms with Gasteiger partial charge in [-0.15, -0.1) is 0 Å². The lowest BCUT2D eigenvalue weighted by Gasteiger charge is -2.36. The number of nitrogens with zero attached hydrogens (tertiary/aromatic N) is 2. The van der Waals surface area contributed by atoms with Crippen LogP contribution in [0.15, 0.2) is 255 Å². The second kappa shape index (κ2) is 15.3. The first-order valence-electron chi connectivity index (χ1n) is 25.3. The van der Waals surface area contributed by atoms with Crippen LogP contribution in [0.3, 0.4) is 0 Å². The summed E-state index contributed by atoms with van der Waals surface area (Å²) >= 11 is 0. The van der Waals surface area contributed by atoms with E-state index in [9.17, 15) is 0 Å². The maximum Gasteiger partial charge on any atom is 0.0726 e. The smallest absolute Gasteiger partial charge is 0.0726 e. The van der Waals surface area contributed by atoms with Gasteiger partial charge in [0.1, 0.15) is 0 Å². The van der Waals surface area contributed by atoms with Crippen LogP contribution in [0.5, 0.6) is 0 Å². The second-order valence-corrected chi connectivity index (χ2v) is 20.3. The Balaban J connectivity index is 1.04. The van der Waals surface area contributed by atoms with Crippen LogP contribution in [0.4, 0.5) is 34.1 Å². The normalized spacial score (nSPS) is 14.2. The van der Waals surface area contributed by atoms with Crippen LogP contribution in [-0.2, 0) is 10.8 Å². The molecule has 11 aromatic carbocycles. The molecule has 0 bridgehead atoms. The molecule has 338 valence electrons. The van der Waals surface area contributed by atoms with Crippen molar-refractivity contribution in [1.29, 1.82) is 0 Å². The summed E-state index contributed by atoms with van der Waals surface area (Å²) in [4.78, 5) is 5.03. The lowest BCUT2D eigenvalue weighted by atomic mass is 9.66. The lowest BCUT2D eigenvalue weighted by Crippen LogP contribution is -2.29. The van der Waals surface area contributed by atoms with Crippen molar-refractivity contribution in [3.8, 4) is 66.8 Å². The highest BCUT2D eigenvalue weighted by atomic mass is 15.2. The van der Waals surface area contributed by atoms with Crippen LogP contribution in [0, 0.1) is 0 Å². The molecular weight excluding hydrogens is 869 g/mol. The van der Waals surface area contributed by atoms with Gasteiger partial charge in [0.2, 0.25) is 0 Å². The minimum atomic E-state index is -0.615. The Hall–Kier alpha value is -8.98. The van der Waals surface area contributed by atoms with E-state index < -0.39 is 5.41 Å². The Morgan fingerprint density at radius 1 is 0.292 bits per heavy atom. The molecule has 0 unspecified atom stereocenters. The van der Waals surface area contributed by atoms with Crippen LogP contribution in [-0.4, -0.2) is 0 Å². The molecule has 1 spiro atoms. The predicted octanol–water partition coefficient (Wildman–Crippen LogP) is 18.6. The predicted molar refractivity (Wildman–Crippen MR) is 300 cm³/mol. The van der Waals surface area contributed by atoms with Gasteiger partial charge in [-0.2, -0.15) is 0 Å². The van der Waals surface area contributed by atoms with Gasteiger partial charge in [0.25, 0.3) is 0 Å². The molecule has 0 aromatic heterocycles. The number of rotatable bonds is 4. The molecule has 0 radical (unpaired) electrons. The molecule has 2 heteroatoms. The van der Waals surface area contributed by atoms with Gasteiger partial charge in [-0.1, -0.05) is 214 Å². The highest BCUT2D eigenvalue weighted by molar-refractivity contribution is 6.06. The summed E-state index contributed by atoms with van der Waals surface area (Å²) in [7, 11) is 0. The standard InChI is InChI=1S/C70H48N2/c1-69(2)59-32-15-10-29-54(59)55-41-39-47(44-64(55)69)71(46-40-42-66-58(43-46)51-26-9-8-25-50(51)56-30-14-19-37-65(56)72(66)45-21-4-3-5-22-45)67-38-20-36-63-68(67)57-31-13-18-35-62(57)70(63)60-33-16-11-27-52(60)48-23-6-7-24-49(48)53-28-12-17-34-61(53)70/h3-44H,1-2H3. The molecule has 0 saturated carbocycles. The van der Waals surface area contributed by atoms with E-state index in [0.29, 0.717) is 0 Å². The number of anilines is 6. The first-order valence-corrected chi connectivity index (χ1v) is 25.3. The van der Waals surface area contributed by atoms with E-state index in [1.165, 1.54) is 100 Å². The zero-order valence-corrected chi connectivity index (χ0v) is 40.1.